The third-order valence-electron chi connectivity index (χ3n) is 4.72. The van der Waals surface area contributed by atoms with E-state index in [1.165, 1.54) is 24.3 Å². The molecule has 1 aliphatic heterocycles. The van der Waals surface area contributed by atoms with Crippen LogP contribution < -0.4 is 14.8 Å². The molecule has 10 heteroatoms. The zero-order chi connectivity index (χ0) is 22.6. The maximum atomic E-state index is 13.1. The molecule has 166 valence electrons. The number of fused-ring (bicyclic) bond motifs is 1. The molecule has 0 atom stereocenters. The minimum atomic E-state index is -4.73. The van der Waals surface area contributed by atoms with Crippen LogP contribution in [0.2, 0.25) is 0 Å². The zero-order valence-electron chi connectivity index (χ0n) is 16.8. The summed E-state index contributed by atoms with van der Waals surface area (Å²) in [7, 11) is 0. The Morgan fingerprint density at radius 3 is 2.56 bits per heavy atom. The van der Waals surface area contributed by atoms with Crippen LogP contribution in [-0.2, 0) is 13.1 Å². The lowest BCUT2D eigenvalue weighted by atomic mass is 10.1. The summed E-state index contributed by atoms with van der Waals surface area (Å²) in [5.41, 5.74) is 1.84. The van der Waals surface area contributed by atoms with Crippen molar-refractivity contribution >= 4 is 11.6 Å². The van der Waals surface area contributed by atoms with Gasteiger partial charge in [0, 0.05) is 24.6 Å². The Balaban J connectivity index is 1.44. The second kappa shape index (κ2) is 9.13. The summed E-state index contributed by atoms with van der Waals surface area (Å²) in [6, 6.07) is 12.5. The van der Waals surface area contributed by atoms with Crippen LogP contribution in [0.4, 0.5) is 18.9 Å². The Morgan fingerprint density at radius 1 is 1.09 bits per heavy atom. The van der Waals surface area contributed by atoms with Crippen LogP contribution >= 0.6 is 0 Å². The van der Waals surface area contributed by atoms with Crippen LogP contribution in [0.25, 0.3) is 0 Å². The van der Waals surface area contributed by atoms with E-state index in [1.54, 1.807) is 41.6 Å². The van der Waals surface area contributed by atoms with Gasteiger partial charge in [-0.15, -0.1) is 13.2 Å². The molecule has 4 rings (SSSR count). The molecular formula is C22H19F3N4O3. The summed E-state index contributed by atoms with van der Waals surface area (Å²) >= 11 is 0. The van der Waals surface area contributed by atoms with E-state index in [0.29, 0.717) is 42.5 Å². The van der Waals surface area contributed by atoms with E-state index in [2.05, 4.69) is 20.0 Å². The standard InChI is InChI=1S/C22H19F3N4O3/c23-22(24,25)32-17-5-2-15(3-6-17)13-28-16-4-7-19-18(12-16)21(30)29(10-11-31-19)14-20-26-8-1-9-27-20/h1-9,12,28H,10-11,13-14H2. The number of rotatable bonds is 6. The predicted octanol–water partition coefficient (Wildman–Crippen LogP) is 4.02. The summed E-state index contributed by atoms with van der Waals surface area (Å²) in [4.78, 5) is 23.0. The highest BCUT2D eigenvalue weighted by molar-refractivity contribution is 5.98. The van der Waals surface area contributed by atoms with Gasteiger partial charge >= 0.3 is 6.36 Å². The van der Waals surface area contributed by atoms with Crippen LogP contribution in [0.1, 0.15) is 21.7 Å². The van der Waals surface area contributed by atoms with Crippen molar-refractivity contribution in [3.63, 3.8) is 0 Å². The average molecular weight is 444 g/mol. The third kappa shape index (κ3) is 5.45. The van der Waals surface area contributed by atoms with Gasteiger partial charge < -0.3 is 19.7 Å². The first kappa shape index (κ1) is 21.4. The van der Waals surface area contributed by atoms with Crippen molar-refractivity contribution in [2.75, 3.05) is 18.5 Å². The van der Waals surface area contributed by atoms with Crippen molar-refractivity contribution in [3.05, 3.63) is 77.9 Å². The number of alkyl halides is 3. The molecule has 2 heterocycles. The monoisotopic (exact) mass is 444 g/mol. The SMILES string of the molecule is O=C1c2cc(NCc3ccc(OC(F)(F)F)cc3)ccc2OCCN1Cc1ncccn1. The van der Waals surface area contributed by atoms with Crippen LogP contribution in [-0.4, -0.2) is 40.3 Å². The van der Waals surface area contributed by atoms with Gasteiger partial charge in [-0.2, -0.15) is 0 Å². The van der Waals surface area contributed by atoms with Gasteiger partial charge in [-0.1, -0.05) is 12.1 Å². The van der Waals surface area contributed by atoms with Gasteiger partial charge in [0.05, 0.1) is 18.7 Å². The quantitative estimate of drug-likeness (QED) is 0.619. The van der Waals surface area contributed by atoms with Gasteiger partial charge in [-0.25, -0.2) is 9.97 Å². The van der Waals surface area contributed by atoms with E-state index < -0.39 is 6.36 Å². The van der Waals surface area contributed by atoms with Crippen molar-refractivity contribution in [1.82, 2.24) is 14.9 Å². The van der Waals surface area contributed by atoms with Gasteiger partial charge in [0.25, 0.3) is 5.91 Å². The minimum Gasteiger partial charge on any atom is -0.491 e. The second-order valence-electron chi connectivity index (χ2n) is 7.00. The Labute approximate surface area is 181 Å². The summed E-state index contributed by atoms with van der Waals surface area (Å²) in [6.07, 6.45) is -1.48. The molecule has 0 unspecified atom stereocenters. The summed E-state index contributed by atoms with van der Waals surface area (Å²) in [5.74, 6) is 0.556. The number of carbonyl (C=O) groups excluding carboxylic acids is 1. The molecule has 2 aromatic carbocycles. The Hall–Kier alpha value is -3.82. The Kier molecular flexibility index (Phi) is 6.11. The molecule has 1 N–H and O–H groups in total. The average Bonchev–Trinajstić information content (AvgIpc) is 2.92. The number of carbonyl (C=O) groups is 1. The number of nitrogens with zero attached hydrogens (tertiary/aromatic N) is 3. The topological polar surface area (TPSA) is 76.6 Å². The Bertz CT molecular complexity index is 1080. The molecule has 0 fully saturated rings. The van der Waals surface area contributed by atoms with Gasteiger partial charge in [0.15, 0.2) is 0 Å². The Morgan fingerprint density at radius 2 is 1.84 bits per heavy atom. The lowest BCUT2D eigenvalue weighted by molar-refractivity contribution is -0.274. The minimum absolute atomic E-state index is 0.192. The van der Waals surface area contributed by atoms with Gasteiger partial charge in [-0.05, 0) is 42.0 Å². The molecule has 1 aliphatic rings. The first-order chi connectivity index (χ1) is 15.4. The molecule has 0 bridgehead atoms. The van der Waals surface area contributed by atoms with Gasteiger partial charge in [0.1, 0.15) is 23.9 Å². The van der Waals surface area contributed by atoms with Gasteiger partial charge in [-0.3, -0.25) is 4.79 Å². The molecule has 1 amide bonds. The largest absolute Gasteiger partial charge is 0.573 e. The first-order valence-corrected chi connectivity index (χ1v) is 9.78. The van der Waals surface area contributed by atoms with Crippen molar-refractivity contribution in [2.45, 2.75) is 19.5 Å². The lowest BCUT2D eigenvalue weighted by Crippen LogP contribution is -2.32. The molecule has 0 saturated carbocycles. The number of hydrogen-bond acceptors (Lipinski definition) is 6. The molecular weight excluding hydrogens is 425 g/mol. The number of halogens is 3. The lowest BCUT2D eigenvalue weighted by Gasteiger charge is -2.19. The second-order valence-corrected chi connectivity index (χ2v) is 7.00. The van der Waals surface area contributed by atoms with E-state index in [0.717, 1.165) is 5.56 Å². The number of aromatic nitrogens is 2. The fourth-order valence-electron chi connectivity index (χ4n) is 3.22. The molecule has 0 saturated heterocycles. The molecule has 32 heavy (non-hydrogen) atoms. The maximum absolute atomic E-state index is 13.1. The normalized spacial score (nSPS) is 13.7. The van der Waals surface area contributed by atoms with E-state index >= 15 is 0 Å². The van der Waals surface area contributed by atoms with Crippen LogP contribution in [0.3, 0.4) is 0 Å². The van der Waals surface area contributed by atoms with Crippen molar-refractivity contribution in [3.8, 4) is 11.5 Å². The van der Waals surface area contributed by atoms with Crippen LogP contribution in [0.5, 0.6) is 11.5 Å². The van der Waals surface area contributed by atoms with E-state index in [-0.39, 0.29) is 18.2 Å². The van der Waals surface area contributed by atoms with E-state index in [1.807, 2.05) is 0 Å². The molecule has 0 aliphatic carbocycles. The van der Waals surface area contributed by atoms with E-state index in [4.69, 9.17) is 4.74 Å². The number of ether oxygens (including phenoxy) is 2. The van der Waals surface area contributed by atoms with Crippen molar-refractivity contribution < 1.29 is 27.4 Å². The molecule has 0 radical (unpaired) electrons. The highest BCUT2D eigenvalue weighted by Gasteiger charge is 2.31. The van der Waals surface area contributed by atoms with Crippen LogP contribution in [0.15, 0.2) is 60.9 Å². The third-order valence-corrected chi connectivity index (χ3v) is 4.72. The number of anilines is 1. The fraction of sp³-hybridized carbons (Fsp3) is 0.227. The molecule has 1 aromatic heterocycles. The maximum Gasteiger partial charge on any atom is 0.573 e. The highest BCUT2D eigenvalue weighted by Crippen LogP contribution is 2.28. The van der Waals surface area contributed by atoms with Crippen LogP contribution in [0, 0.1) is 0 Å². The van der Waals surface area contributed by atoms with Crippen molar-refractivity contribution in [1.29, 1.82) is 0 Å². The van der Waals surface area contributed by atoms with Crippen molar-refractivity contribution in [2.24, 2.45) is 0 Å². The fourth-order valence-corrected chi connectivity index (χ4v) is 3.22. The van der Waals surface area contributed by atoms with E-state index in [9.17, 15) is 18.0 Å². The summed E-state index contributed by atoms with van der Waals surface area (Å²) in [6.45, 7) is 1.37. The predicted molar refractivity (Wildman–Crippen MR) is 109 cm³/mol. The first-order valence-electron chi connectivity index (χ1n) is 9.78. The summed E-state index contributed by atoms with van der Waals surface area (Å²) in [5, 5.41) is 3.17. The zero-order valence-corrected chi connectivity index (χ0v) is 16.8. The molecule has 3 aromatic rings. The number of benzene rings is 2. The van der Waals surface area contributed by atoms with Gasteiger partial charge in [0.2, 0.25) is 0 Å². The molecule has 7 nitrogen and oxygen atoms in total. The smallest absolute Gasteiger partial charge is 0.491 e. The molecule has 0 spiro atoms. The highest BCUT2D eigenvalue weighted by atomic mass is 19.4. The summed E-state index contributed by atoms with van der Waals surface area (Å²) < 4.78 is 46.4. The number of hydrogen-bond donors (Lipinski definition) is 1. The number of nitrogens with one attached hydrogen (secondary N) is 1. The number of amides is 1.